The summed E-state index contributed by atoms with van der Waals surface area (Å²) >= 11 is 1.88. The summed E-state index contributed by atoms with van der Waals surface area (Å²) in [5, 5.41) is 0.348. The maximum atomic E-state index is 12.8. The maximum absolute atomic E-state index is 12.8. The first-order chi connectivity index (χ1) is 11.4. The van der Waals surface area contributed by atoms with Gasteiger partial charge in [-0.1, -0.05) is 32.9 Å². The zero-order valence-electron chi connectivity index (χ0n) is 14.6. The Bertz CT molecular complexity index is 671. The van der Waals surface area contributed by atoms with E-state index in [2.05, 4.69) is 32.9 Å². The molecule has 1 unspecified atom stereocenters. The van der Waals surface area contributed by atoms with E-state index in [1.165, 1.54) is 5.56 Å². The van der Waals surface area contributed by atoms with Crippen LogP contribution in [0.1, 0.15) is 54.1 Å². The van der Waals surface area contributed by atoms with E-state index in [-0.39, 0.29) is 11.3 Å². The Morgan fingerprint density at radius 3 is 2.54 bits per heavy atom. The first-order valence-electron chi connectivity index (χ1n) is 8.50. The number of amides is 1. The molecule has 1 saturated heterocycles. The van der Waals surface area contributed by atoms with Crippen LogP contribution < -0.4 is 0 Å². The van der Waals surface area contributed by atoms with Crippen LogP contribution in [0.4, 0.5) is 0 Å². The molecule has 4 heteroatoms. The topological polar surface area (TPSA) is 33.5 Å². The molecule has 1 fully saturated rings. The van der Waals surface area contributed by atoms with Gasteiger partial charge in [0.15, 0.2) is 0 Å². The SMILES string of the molecule is CC(C)(C)c1ccc(C(=O)N2CCSC(c3ccco3)CC2)cc1. The molecule has 0 bridgehead atoms. The third kappa shape index (κ3) is 3.86. The van der Waals surface area contributed by atoms with Crippen molar-refractivity contribution in [2.24, 2.45) is 0 Å². The average Bonchev–Trinajstić information content (AvgIpc) is 2.98. The summed E-state index contributed by atoms with van der Waals surface area (Å²) < 4.78 is 5.53. The van der Waals surface area contributed by atoms with E-state index in [1.54, 1.807) is 6.26 Å². The smallest absolute Gasteiger partial charge is 0.253 e. The van der Waals surface area contributed by atoms with Crippen LogP contribution >= 0.6 is 11.8 Å². The molecule has 0 radical (unpaired) electrons. The van der Waals surface area contributed by atoms with Crippen molar-refractivity contribution in [2.75, 3.05) is 18.8 Å². The standard InChI is InChI=1S/C20H25NO2S/c1-20(2,3)16-8-6-15(7-9-16)19(22)21-11-10-18(24-14-12-21)17-5-4-13-23-17/h4-9,13,18H,10-12,14H2,1-3H3. The molecule has 2 heterocycles. The van der Waals surface area contributed by atoms with Gasteiger partial charge in [-0.15, -0.1) is 11.8 Å². The number of rotatable bonds is 2. The maximum Gasteiger partial charge on any atom is 0.253 e. The van der Waals surface area contributed by atoms with E-state index in [0.717, 1.165) is 36.6 Å². The summed E-state index contributed by atoms with van der Waals surface area (Å²) in [4.78, 5) is 14.8. The lowest BCUT2D eigenvalue weighted by atomic mass is 9.86. The molecule has 1 aliphatic rings. The van der Waals surface area contributed by atoms with Crippen molar-refractivity contribution in [3.63, 3.8) is 0 Å². The summed E-state index contributed by atoms with van der Waals surface area (Å²) in [7, 11) is 0. The van der Waals surface area contributed by atoms with Crippen molar-refractivity contribution in [1.82, 2.24) is 4.90 Å². The number of carbonyl (C=O) groups excluding carboxylic acids is 1. The Hall–Kier alpha value is -1.68. The largest absolute Gasteiger partial charge is 0.468 e. The molecule has 0 N–H and O–H groups in total. The van der Waals surface area contributed by atoms with Crippen LogP contribution in [0.3, 0.4) is 0 Å². The van der Waals surface area contributed by atoms with Gasteiger partial charge in [-0.3, -0.25) is 4.79 Å². The summed E-state index contributed by atoms with van der Waals surface area (Å²) in [6, 6.07) is 12.0. The second kappa shape index (κ2) is 7.06. The van der Waals surface area contributed by atoms with Crippen molar-refractivity contribution in [1.29, 1.82) is 0 Å². The number of benzene rings is 1. The van der Waals surface area contributed by atoms with E-state index in [9.17, 15) is 4.79 Å². The molecule has 3 nitrogen and oxygen atoms in total. The lowest BCUT2D eigenvalue weighted by Gasteiger charge is -2.22. The number of hydrogen-bond acceptors (Lipinski definition) is 3. The Morgan fingerprint density at radius 1 is 1.17 bits per heavy atom. The lowest BCUT2D eigenvalue weighted by Crippen LogP contribution is -2.33. The van der Waals surface area contributed by atoms with Gasteiger partial charge in [-0.25, -0.2) is 0 Å². The molecular weight excluding hydrogens is 318 g/mol. The van der Waals surface area contributed by atoms with Gasteiger partial charge in [0.1, 0.15) is 5.76 Å². The number of thioether (sulfide) groups is 1. The van der Waals surface area contributed by atoms with Crippen molar-refractivity contribution in [2.45, 2.75) is 37.9 Å². The van der Waals surface area contributed by atoms with Crippen LogP contribution in [0.5, 0.6) is 0 Å². The molecule has 1 aromatic heterocycles. The first-order valence-corrected chi connectivity index (χ1v) is 9.55. The number of nitrogens with zero attached hydrogens (tertiary/aromatic N) is 1. The minimum Gasteiger partial charge on any atom is -0.468 e. The lowest BCUT2D eigenvalue weighted by molar-refractivity contribution is 0.0766. The second-order valence-electron chi connectivity index (χ2n) is 7.28. The monoisotopic (exact) mass is 343 g/mol. The highest BCUT2D eigenvalue weighted by atomic mass is 32.2. The highest BCUT2D eigenvalue weighted by Gasteiger charge is 2.24. The molecule has 0 saturated carbocycles. The second-order valence-corrected chi connectivity index (χ2v) is 8.59. The Labute approximate surface area is 148 Å². The zero-order chi connectivity index (χ0) is 17.2. The molecule has 24 heavy (non-hydrogen) atoms. The van der Waals surface area contributed by atoms with Crippen LogP contribution in [0, 0.1) is 0 Å². The minimum absolute atomic E-state index is 0.108. The van der Waals surface area contributed by atoms with Gasteiger partial charge in [0.2, 0.25) is 0 Å². The van der Waals surface area contributed by atoms with Gasteiger partial charge in [-0.05, 0) is 41.7 Å². The molecule has 1 amide bonds. The van der Waals surface area contributed by atoms with Crippen LogP contribution in [-0.2, 0) is 5.41 Å². The number of furan rings is 1. The van der Waals surface area contributed by atoms with Gasteiger partial charge in [0, 0.05) is 24.4 Å². The van der Waals surface area contributed by atoms with E-state index >= 15 is 0 Å². The highest BCUT2D eigenvalue weighted by Crippen LogP contribution is 2.34. The average molecular weight is 343 g/mol. The molecule has 3 rings (SSSR count). The van der Waals surface area contributed by atoms with Crippen molar-refractivity contribution < 1.29 is 9.21 Å². The highest BCUT2D eigenvalue weighted by molar-refractivity contribution is 7.99. The third-order valence-corrected chi connectivity index (χ3v) is 5.78. The van der Waals surface area contributed by atoms with E-state index in [0.29, 0.717) is 5.25 Å². The van der Waals surface area contributed by atoms with Crippen molar-refractivity contribution in [3.05, 3.63) is 59.5 Å². The summed E-state index contributed by atoms with van der Waals surface area (Å²) in [5.74, 6) is 2.09. The molecule has 2 aromatic rings. The predicted octanol–water partition coefficient (Wildman–Crippen LogP) is 4.90. The van der Waals surface area contributed by atoms with Crippen LogP contribution in [0.2, 0.25) is 0 Å². The van der Waals surface area contributed by atoms with Crippen LogP contribution in [0.25, 0.3) is 0 Å². The predicted molar refractivity (Wildman–Crippen MR) is 99.6 cm³/mol. The molecule has 0 spiro atoms. The molecular formula is C20H25NO2S. The van der Waals surface area contributed by atoms with E-state index in [1.807, 2.05) is 40.9 Å². The first kappa shape index (κ1) is 17.2. The quantitative estimate of drug-likeness (QED) is 0.778. The van der Waals surface area contributed by atoms with Crippen LogP contribution in [-0.4, -0.2) is 29.6 Å². The number of hydrogen-bond donors (Lipinski definition) is 0. The van der Waals surface area contributed by atoms with E-state index < -0.39 is 0 Å². The summed E-state index contributed by atoms with van der Waals surface area (Å²) in [6.45, 7) is 8.12. The minimum atomic E-state index is 0.108. The third-order valence-electron chi connectivity index (χ3n) is 4.49. The van der Waals surface area contributed by atoms with Gasteiger partial charge < -0.3 is 9.32 Å². The van der Waals surface area contributed by atoms with Gasteiger partial charge in [-0.2, -0.15) is 0 Å². The Balaban J connectivity index is 1.67. The summed E-state index contributed by atoms with van der Waals surface area (Å²) in [5.41, 5.74) is 2.14. The normalized spacial score (nSPS) is 19.1. The van der Waals surface area contributed by atoms with Crippen molar-refractivity contribution in [3.8, 4) is 0 Å². The number of carbonyl (C=O) groups is 1. The fourth-order valence-electron chi connectivity index (χ4n) is 2.97. The Kier molecular flexibility index (Phi) is 5.04. The summed E-state index contributed by atoms with van der Waals surface area (Å²) in [6.07, 6.45) is 2.66. The molecule has 1 aromatic carbocycles. The fourth-order valence-corrected chi connectivity index (χ4v) is 4.15. The van der Waals surface area contributed by atoms with Gasteiger partial charge in [0.25, 0.3) is 5.91 Å². The Morgan fingerprint density at radius 2 is 1.92 bits per heavy atom. The molecule has 0 aliphatic carbocycles. The molecule has 1 atom stereocenters. The van der Waals surface area contributed by atoms with Crippen LogP contribution in [0.15, 0.2) is 47.1 Å². The van der Waals surface area contributed by atoms with Crippen molar-refractivity contribution >= 4 is 17.7 Å². The van der Waals surface area contributed by atoms with E-state index in [4.69, 9.17) is 4.42 Å². The molecule has 1 aliphatic heterocycles. The van der Waals surface area contributed by atoms with Gasteiger partial charge in [0.05, 0.1) is 11.5 Å². The van der Waals surface area contributed by atoms with Gasteiger partial charge >= 0.3 is 0 Å². The fraction of sp³-hybridized carbons (Fsp3) is 0.450. The molecule has 128 valence electrons. The zero-order valence-corrected chi connectivity index (χ0v) is 15.4.